The second-order valence-corrected chi connectivity index (χ2v) is 8.00. The number of halogens is 2. The Morgan fingerprint density at radius 2 is 2.00 bits per heavy atom. The van der Waals surface area contributed by atoms with Gasteiger partial charge in [-0.15, -0.1) is 16.4 Å². The second kappa shape index (κ2) is 8.16. The van der Waals surface area contributed by atoms with Crippen LogP contribution < -0.4 is 0 Å². The van der Waals surface area contributed by atoms with Crippen molar-refractivity contribution in [3.8, 4) is 5.69 Å². The molecule has 136 valence electrons. The van der Waals surface area contributed by atoms with Crippen LogP contribution in [0.3, 0.4) is 0 Å². The van der Waals surface area contributed by atoms with E-state index in [-0.39, 0.29) is 5.82 Å². The van der Waals surface area contributed by atoms with E-state index in [0.29, 0.717) is 16.6 Å². The average Bonchev–Trinajstić information content (AvgIpc) is 3.31. The molecule has 4 rings (SSSR count). The fourth-order valence-corrected chi connectivity index (χ4v) is 4.29. The molecule has 0 N–H and O–H groups in total. The van der Waals surface area contributed by atoms with Crippen molar-refractivity contribution in [3.05, 3.63) is 81.0 Å². The molecule has 4 aromatic rings. The van der Waals surface area contributed by atoms with Crippen LogP contribution in [0.25, 0.3) is 5.69 Å². The highest BCUT2D eigenvalue weighted by Gasteiger charge is 2.11. The minimum Gasteiger partial charge on any atom is -0.245 e. The number of benzene rings is 2. The largest absolute Gasteiger partial charge is 0.245 e. The Hall–Kier alpha value is -2.29. The zero-order valence-corrected chi connectivity index (χ0v) is 16.3. The standard InChI is InChI=1S/C18H13ClFN5S2/c19-13-6-4-12(5-7-13)8-17-21-15(10-26-17)11-27-18-22-23-24-25(18)16-3-1-2-14(20)9-16/h1-7,9-10H,8,11H2. The van der Waals surface area contributed by atoms with E-state index in [9.17, 15) is 4.39 Å². The second-order valence-electron chi connectivity index (χ2n) is 5.68. The van der Waals surface area contributed by atoms with E-state index in [0.717, 1.165) is 22.1 Å². The highest BCUT2D eigenvalue weighted by Crippen LogP contribution is 2.24. The van der Waals surface area contributed by atoms with Crippen LogP contribution in [0, 0.1) is 5.82 Å². The molecule has 0 amide bonds. The van der Waals surface area contributed by atoms with Gasteiger partial charge >= 0.3 is 0 Å². The van der Waals surface area contributed by atoms with Crippen molar-refractivity contribution >= 4 is 34.7 Å². The van der Waals surface area contributed by atoms with Crippen LogP contribution in [0.5, 0.6) is 0 Å². The first-order valence-corrected chi connectivity index (χ1v) is 10.3. The summed E-state index contributed by atoms with van der Waals surface area (Å²) >= 11 is 9.00. The lowest BCUT2D eigenvalue weighted by Gasteiger charge is -2.03. The number of thioether (sulfide) groups is 1. The third kappa shape index (κ3) is 4.52. The summed E-state index contributed by atoms with van der Waals surface area (Å²) in [6.45, 7) is 0. The van der Waals surface area contributed by atoms with Crippen LogP contribution in [0.2, 0.25) is 5.02 Å². The molecule has 2 aromatic carbocycles. The molecule has 0 aliphatic rings. The summed E-state index contributed by atoms with van der Waals surface area (Å²) in [5, 5.41) is 16.1. The third-order valence-corrected chi connectivity index (χ3v) is 5.81. The zero-order valence-electron chi connectivity index (χ0n) is 13.9. The molecular formula is C18H13ClFN5S2. The van der Waals surface area contributed by atoms with Gasteiger partial charge in [0.1, 0.15) is 5.82 Å². The summed E-state index contributed by atoms with van der Waals surface area (Å²) < 4.78 is 15.0. The summed E-state index contributed by atoms with van der Waals surface area (Å²) in [5.74, 6) is 0.303. The maximum atomic E-state index is 13.4. The summed E-state index contributed by atoms with van der Waals surface area (Å²) in [4.78, 5) is 4.67. The lowest BCUT2D eigenvalue weighted by Crippen LogP contribution is -1.99. The third-order valence-electron chi connectivity index (χ3n) is 3.71. The van der Waals surface area contributed by atoms with Gasteiger partial charge in [-0.2, -0.15) is 4.68 Å². The van der Waals surface area contributed by atoms with E-state index >= 15 is 0 Å². The van der Waals surface area contributed by atoms with E-state index in [1.54, 1.807) is 23.5 Å². The Bertz CT molecular complexity index is 1050. The van der Waals surface area contributed by atoms with E-state index in [2.05, 4.69) is 20.5 Å². The molecule has 5 nitrogen and oxygen atoms in total. The predicted octanol–water partition coefficient (Wildman–Crippen LogP) is 4.79. The lowest BCUT2D eigenvalue weighted by molar-refractivity contribution is 0.623. The molecule has 0 unspecified atom stereocenters. The SMILES string of the molecule is Fc1cccc(-n2nnnc2SCc2csc(Cc3ccc(Cl)cc3)n2)c1. The van der Waals surface area contributed by atoms with Crippen molar-refractivity contribution in [1.82, 2.24) is 25.2 Å². The Morgan fingerprint density at radius 1 is 1.15 bits per heavy atom. The van der Waals surface area contributed by atoms with Gasteiger partial charge in [0.05, 0.1) is 16.4 Å². The molecule has 0 aliphatic heterocycles. The van der Waals surface area contributed by atoms with Gasteiger partial charge in [0, 0.05) is 22.6 Å². The highest BCUT2D eigenvalue weighted by atomic mass is 35.5. The monoisotopic (exact) mass is 417 g/mol. The van der Waals surface area contributed by atoms with Gasteiger partial charge in [-0.05, 0) is 46.3 Å². The lowest BCUT2D eigenvalue weighted by atomic mass is 10.2. The van der Waals surface area contributed by atoms with Crippen molar-refractivity contribution in [2.45, 2.75) is 17.3 Å². The number of rotatable bonds is 6. The highest BCUT2D eigenvalue weighted by molar-refractivity contribution is 7.98. The Morgan fingerprint density at radius 3 is 2.81 bits per heavy atom. The van der Waals surface area contributed by atoms with Crippen LogP contribution in [-0.2, 0) is 12.2 Å². The molecule has 0 atom stereocenters. The van der Waals surface area contributed by atoms with E-state index < -0.39 is 0 Å². The average molecular weight is 418 g/mol. The number of tetrazole rings is 1. The molecule has 9 heteroatoms. The molecule has 0 fully saturated rings. The van der Waals surface area contributed by atoms with Gasteiger partial charge < -0.3 is 0 Å². The molecule has 0 aliphatic carbocycles. The van der Waals surface area contributed by atoms with Gasteiger partial charge in [-0.3, -0.25) is 0 Å². The van der Waals surface area contributed by atoms with Crippen molar-refractivity contribution in [2.24, 2.45) is 0 Å². The molecule has 0 spiro atoms. The zero-order chi connectivity index (χ0) is 18.6. The Kier molecular flexibility index (Phi) is 5.47. The fourth-order valence-electron chi connectivity index (χ4n) is 2.45. The van der Waals surface area contributed by atoms with Crippen LogP contribution in [0.15, 0.2) is 59.1 Å². The van der Waals surface area contributed by atoms with Crippen molar-refractivity contribution in [3.63, 3.8) is 0 Å². The van der Waals surface area contributed by atoms with Crippen molar-refractivity contribution in [1.29, 1.82) is 0 Å². The quantitative estimate of drug-likeness (QED) is 0.422. The number of hydrogen-bond acceptors (Lipinski definition) is 6. The molecule has 0 saturated heterocycles. The number of thiazole rings is 1. The van der Waals surface area contributed by atoms with Gasteiger partial charge in [0.2, 0.25) is 5.16 Å². The van der Waals surface area contributed by atoms with Crippen LogP contribution in [-0.4, -0.2) is 25.2 Å². The minimum absolute atomic E-state index is 0.328. The Balaban J connectivity index is 1.42. The van der Waals surface area contributed by atoms with Crippen molar-refractivity contribution in [2.75, 3.05) is 0 Å². The van der Waals surface area contributed by atoms with Crippen LogP contribution in [0.1, 0.15) is 16.3 Å². The maximum absolute atomic E-state index is 13.4. The first-order chi connectivity index (χ1) is 13.2. The molecule has 2 heterocycles. The van der Waals surface area contributed by atoms with Gasteiger partial charge in [-0.25, -0.2) is 9.37 Å². The van der Waals surface area contributed by atoms with Gasteiger partial charge in [0.15, 0.2) is 0 Å². The molecule has 0 bridgehead atoms. The molecular weight excluding hydrogens is 405 g/mol. The molecule has 27 heavy (non-hydrogen) atoms. The summed E-state index contributed by atoms with van der Waals surface area (Å²) in [7, 11) is 0. The predicted molar refractivity (Wildman–Crippen MR) is 105 cm³/mol. The minimum atomic E-state index is -0.328. The summed E-state index contributed by atoms with van der Waals surface area (Å²) in [6, 6.07) is 13.9. The van der Waals surface area contributed by atoms with E-state index in [1.807, 2.05) is 29.6 Å². The topological polar surface area (TPSA) is 56.5 Å². The maximum Gasteiger partial charge on any atom is 0.214 e. The molecule has 0 radical (unpaired) electrons. The smallest absolute Gasteiger partial charge is 0.214 e. The van der Waals surface area contributed by atoms with Gasteiger partial charge in [-0.1, -0.05) is 41.6 Å². The molecule has 0 saturated carbocycles. The fraction of sp³-hybridized carbons (Fsp3) is 0.111. The number of aromatic nitrogens is 5. The Labute approximate surface area is 168 Å². The van der Waals surface area contributed by atoms with Crippen LogP contribution in [0.4, 0.5) is 4.39 Å². The summed E-state index contributed by atoms with van der Waals surface area (Å²) in [5.41, 5.74) is 2.72. The molecule has 2 aromatic heterocycles. The van der Waals surface area contributed by atoms with Gasteiger partial charge in [0.25, 0.3) is 0 Å². The van der Waals surface area contributed by atoms with Crippen molar-refractivity contribution < 1.29 is 4.39 Å². The number of hydrogen-bond donors (Lipinski definition) is 0. The first kappa shape index (κ1) is 18.1. The van der Waals surface area contributed by atoms with E-state index in [4.69, 9.17) is 11.6 Å². The summed E-state index contributed by atoms with van der Waals surface area (Å²) in [6.07, 6.45) is 0.771. The van der Waals surface area contributed by atoms with Crippen LogP contribution >= 0.6 is 34.7 Å². The first-order valence-electron chi connectivity index (χ1n) is 8.02. The van der Waals surface area contributed by atoms with E-state index in [1.165, 1.54) is 34.1 Å². The number of nitrogens with zero attached hydrogens (tertiary/aromatic N) is 5. The normalized spacial score (nSPS) is 11.0.